The highest BCUT2D eigenvalue weighted by Crippen LogP contribution is 2.24. The van der Waals surface area contributed by atoms with Crippen LogP contribution >= 0.6 is 15.9 Å². The van der Waals surface area contributed by atoms with Gasteiger partial charge in [-0.25, -0.2) is 4.79 Å². The van der Waals surface area contributed by atoms with E-state index in [1.807, 2.05) is 18.2 Å². The first kappa shape index (κ1) is 17.3. The molecule has 1 fully saturated rings. The van der Waals surface area contributed by atoms with Gasteiger partial charge in [0, 0.05) is 30.0 Å². The van der Waals surface area contributed by atoms with Gasteiger partial charge in [-0.3, -0.25) is 14.9 Å². The summed E-state index contributed by atoms with van der Waals surface area (Å²) in [5.74, 6) is 0.204. The van der Waals surface area contributed by atoms with Crippen molar-refractivity contribution < 1.29 is 19.1 Å². The molecule has 2 N–H and O–H groups in total. The Kier molecular flexibility index (Phi) is 5.59. The summed E-state index contributed by atoms with van der Waals surface area (Å²) >= 11 is 3.40. The van der Waals surface area contributed by atoms with Crippen LogP contribution in [0, 0.1) is 0 Å². The Bertz CT molecular complexity index is 635. The van der Waals surface area contributed by atoms with E-state index in [0.717, 1.165) is 10.0 Å². The number of halogens is 1. The fraction of sp³-hybridized carbons (Fsp3) is 0.400. The van der Waals surface area contributed by atoms with E-state index < -0.39 is 12.1 Å². The molecule has 1 atom stereocenters. The third-order valence-electron chi connectivity index (χ3n) is 3.58. The van der Waals surface area contributed by atoms with Crippen molar-refractivity contribution in [2.24, 2.45) is 0 Å². The summed E-state index contributed by atoms with van der Waals surface area (Å²) < 4.78 is 6.19. The van der Waals surface area contributed by atoms with Crippen molar-refractivity contribution in [1.29, 1.82) is 0 Å². The van der Waals surface area contributed by atoms with Crippen LogP contribution in [0.2, 0.25) is 0 Å². The van der Waals surface area contributed by atoms with Crippen molar-refractivity contribution >= 4 is 33.8 Å². The fourth-order valence-corrected chi connectivity index (χ4v) is 2.74. The van der Waals surface area contributed by atoms with Crippen LogP contribution in [-0.2, 0) is 16.1 Å². The van der Waals surface area contributed by atoms with E-state index in [2.05, 4.69) is 26.6 Å². The summed E-state index contributed by atoms with van der Waals surface area (Å²) in [7, 11) is 3.27. The minimum Gasteiger partial charge on any atom is -0.496 e. The van der Waals surface area contributed by atoms with Gasteiger partial charge in [0.15, 0.2) is 0 Å². The van der Waals surface area contributed by atoms with Gasteiger partial charge in [0.05, 0.1) is 7.11 Å². The summed E-state index contributed by atoms with van der Waals surface area (Å²) in [6.45, 7) is 0.394. The third-order valence-corrected chi connectivity index (χ3v) is 4.07. The van der Waals surface area contributed by atoms with Crippen LogP contribution in [0.3, 0.4) is 0 Å². The number of imide groups is 1. The van der Waals surface area contributed by atoms with Gasteiger partial charge in [0.1, 0.15) is 11.8 Å². The van der Waals surface area contributed by atoms with Gasteiger partial charge >= 0.3 is 6.03 Å². The molecule has 1 aromatic rings. The Morgan fingerprint density at radius 2 is 2.13 bits per heavy atom. The molecule has 1 saturated heterocycles. The standard InChI is InChI=1S/C15H18BrN3O4/c1-19(8-9-7-10(16)3-5-12(9)23-2)13(20)6-4-11-14(21)18-15(22)17-11/h3,5,7,11H,4,6,8H2,1-2H3,(H2,17,18,21,22)/t11-/m0/s1. The Labute approximate surface area is 142 Å². The van der Waals surface area contributed by atoms with Crippen LogP contribution in [-0.4, -0.2) is 42.9 Å². The predicted octanol–water partition coefficient (Wildman–Crippen LogP) is 1.40. The Hall–Kier alpha value is -2.09. The van der Waals surface area contributed by atoms with Crippen LogP contribution < -0.4 is 15.4 Å². The highest BCUT2D eigenvalue weighted by atomic mass is 79.9. The molecule has 0 aliphatic carbocycles. The molecule has 1 heterocycles. The number of rotatable bonds is 6. The smallest absolute Gasteiger partial charge is 0.322 e. The lowest BCUT2D eigenvalue weighted by Crippen LogP contribution is -2.32. The first-order chi connectivity index (χ1) is 10.9. The van der Waals surface area contributed by atoms with Crippen molar-refractivity contribution in [3.05, 3.63) is 28.2 Å². The summed E-state index contributed by atoms with van der Waals surface area (Å²) in [5, 5.41) is 4.62. The molecule has 1 aliphatic heterocycles. The zero-order valence-electron chi connectivity index (χ0n) is 12.9. The minimum absolute atomic E-state index is 0.110. The number of nitrogens with one attached hydrogen (secondary N) is 2. The van der Waals surface area contributed by atoms with Gasteiger partial charge in [-0.2, -0.15) is 0 Å². The first-order valence-corrected chi connectivity index (χ1v) is 7.87. The number of methoxy groups -OCH3 is 1. The lowest BCUT2D eigenvalue weighted by molar-refractivity contribution is -0.130. The van der Waals surface area contributed by atoms with E-state index in [9.17, 15) is 14.4 Å². The summed E-state index contributed by atoms with van der Waals surface area (Å²) in [5.41, 5.74) is 0.879. The lowest BCUT2D eigenvalue weighted by Gasteiger charge is -2.19. The number of hydrogen-bond donors (Lipinski definition) is 2. The van der Waals surface area contributed by atoms with Gasteiger partial charge in [-0.15, -0.1) is 0 Å². The second-order valence-corrected chi connectivity index (χ2v) is 6.18. The van der Waals surface area contributed by atoms with Gasteiger partial charge in [-0.05, 0) is 24.6 Å². The van der Waals surface area contributed by atoms with Gasteiger partial charge in [-0.1, -0.05) is 15.9 Å². The Morgan fingerprint density at radius 1 is 1.39 bits per heavy atom. The number of amides is 4. The molecule has 0 bridgehead atoms. The van der Waals surface area contributed by atoms with Crippen molar-refractivity contribution in [3.63, 3.8) is 0 Å². The van der Waals surface area contributed by atoms with Crippen LogP contribution in [0.25, 0.3) is 0 Å². The molecule has 0 aromatic heterocycles. The van der Waals surface area contributed by atoms with Crippen LogP contribution in [0.15, 0.2) is 22.7 Å². The minimum atomic E-state index is -0.639. The number of ether oxygens (including phenoxy) is 1. The molecule has 4 amide bonds. The number of carbonyl (C=O) groups is 3. The van der Waals surface area contributed by atoms with E-state index in [-0.39, 0.29) is 24.7 Å². The van der Waals surface area contributed by atoms with E-state index in [4.69, 9.17) is 4.74 Å². The molecule has 1 aromatic carbocycles. The molecule has 124 valence electrons. The number of hydrogen-bond acceptors (Lipinski definition) is 4. The molecule has 0 unspecified atom stereocenters. The van der Waals surface area contributed by atoms with E-state index in [0.29, 0.717) is 12.3 Å². The molecule has 0 radical (unpaired) electrons. The topological polar surface area (TPSA) is 87.7 Å². The van der Waals surface area contributed by atoms with Crippen molar-refractivity contribution in [3.8, 4) is 5.75 Å². The molecule has 0 saturated carbocycles. The molecular weight excluding hydrogens is 366 g/mol. The van der Waals surface area contributed by atoms with E-state index in [1.54, 1.807) is 19.1 Å². The number of benzene rings is 1. The number of nitrogens with zero attached hydrogens (tertiary/aromatic N) is 1. The number of carbonyl (C=O) groups excluding carboxylic acids is 3. The van der Waals surface area contributed by atoms with Crippen LogP contribution in [0.5, 0.6) is 5.75 Å². The quantitative estimate of drug-likeness (QED) is 0.726. The molecule has 7 nitrogen and oxygen atoms in total. The molecule has 8 heteroatoms. The Balaban J connectivity index is 1.91. The normalized spacial score (nSPS) is 16.7. The molecular formula is C15H18BrN3O4. The molecule has 2 rings (SSSR count). The SMILES string of the molecule is COc1ccc(Br)cc1CN(C)C(=O)CC[C@@H]1NC(=O)NC1=O. The molecule has 0 spiro atoms. The fourth-order valence-electron chi connectivity index (χ4n) is 2.34. The highest BCUT2D eigenvalue weighted by molar-refractivity contribution is 9.10. The third kappa shape index (κ3) is 4.44. The van der Waals surface area contributed by atoms with Crippen molar-refractivity contribution in [2.75, 3.05) is 14.2 Å². The molecule has 23 heavy (non-hydrogen) atoms. The van der Waals surface area contributed by atoms with E-state index >= 15 is 0 Å². The van der Waals surface area contributed by atoms with Crippen LogP contribution in [0.4, 0.5) is 4.79 Å². The van der Waals surface area contributed by atoms with Gasteiger partial charge in [0.2, 0.25) is 5.91 Å². The monoisotopic (exact) mass is 383 g/mol. The average Bonchev–Trinajstić information content (AvgIpc) is 2.82. The van der Waals surface area contributed by atoms with E-state index in [1.165, 1.54) is 0 Å². The zero-order valence-corrected chi connectivity index (χ0v) is 14.5. The zero-order chi connectivity index (χ0) is 17.0. The summed E-state index contributed by atoms with van der Waals surface area (Å²) in [6, 6.07) is 4.44. The highest BCUT2D eigenvalue weighted by Gasteiger charge is 2.29. The average molecular weight is 384 g/mol. The first-order valence-electron chi connectivity index (χ1n) is 7.08. The van der Waals surface area contributed by atoms with Crippen molar-refractivity contribution in [1.82, 2.24) is 15.5 Å². The second kappa shape index (κ2) is 7.45. The number of urea groups is 1. The maximum atomic E-state index is 12.2. The van der Waals surface area contributed by atoms with Gasteiger partial charge in [0.25, 0.3) is 5.91 Å². The maximum absolute atomic E-state index is 12.2. The second-order valence-electron chi connectivity index (χ2n) is 5.26. The Morgan fingerprint density at radius 3 is 2.74 bits per heavy atom. The van der Waals surface area contributed by atoms with Gasteiger partial charge < -0.3 is 15.0 Å². The van der Waals surface area contributed by atoms with Crippen LogP contribution in [0.1, 0.15) is 18.4 Å². The lowest BCUT2D eigenvalue weighted by atomic mass is 10.1. The summed E-state index contributed by atoms with van der Waals surface area (Å²) in [6.07, 6.45) is 0.446. The van der Waals surface area contributed by atoms with Crippen molar-refractivity contribution in [2.45, 2.75) is 25.4 Å². The largest absolute Gasteiger partial charge is 0.496 e. The predicted molar refractivity (Wildman–Crippen MR) is 86.9 cm³/mol. The molecule has 1 aliphatic rings. The maximum Gasteiger partial charge on any atom is 0.322 e. The summed E-state index contributed by atoms with van der Waals surface area (Å²) in [4.78, 5) is 36.2.